The maximum Gasteiger partial charge on any atom is 0.410 e. The predicted octanol–water partition coefficient (Wildman–Crippen LogP) is 6.91. The first-order valence-corrected chi connectivity index (χ1v) is 19.3. The zero-order valence-corrected chi connectivity index (χ0v) is 32.4. The average Bonchev–Trinajstić information content (AvgIpc) is 3.73. The van der Waals surface area contributed by atoms with Crippen molar-refractivity contribution in [2.75, 3.05) is 34.8 Å². The molecule has 13 nitrogen and oxygen atoms in total. The molecule has 0 bridgehead atoms. The van der Waals surface area contributed by atoms with Crippen LogP contribution in [0.4, 0.5) is 26.7 Å². The summed E-state index contributed by atoms with van der Waals surface area (Å²) in [5, 5.41) is 5.41. The zero-order valence-electron chi connectivity index (χ0n) is 32.4. The van der Waals surface area contributed by atoms with Crippen molar-refractivity contribution in [3.63, 3.8) is 0 Å². The molecule has 1 saturated heterocycles. The van der Waals surface area contributed by atoms with Crippen molar-refractivity contribution in [2.45, 2.75) is 45.1 Å². The van der Waals surface area contributed by atoms with E-state index < -0.39 is 42.0 Å². The SMILES string of the molecule is Cc1ccccc1C(=O)CN1C(=O)C(NC(=O)Nc2cccc(C(=O)OCc3ccccc3)c2)CN(C(=O)C2CCCN2C(=O)OCc2ccccc2)c2ccccc21. The van der Waals surface area contributed by atoms with Crippen molar-refractivity contribution in [3.05, 3.63) is 161 Å². The van der Waals surface area contributed by atoms with Crippen LogP contribution in [0.5, 0.6) is 0 Å². The first kappa shape index (κ1) is 39.9. The van der Waals surface area contributed by atoms with Gasteiger partial charge in [0.1, 0.15) is 25.3 Å². The third-order valence-electron chi connectivity index (χ3n) is 10.3. The molecule has 13 heteroatoms. The van der Waals surface area contributed by atoms with E-state index in [-0.39, 0.29) is 49.0 Å². The van der Waals surface area contributed by atoms with Gasteiger partial charge in [0.25, 0.3) is 5.91 Å². The number of aryl methyl sites for hydroxylation is 1. The quantitative estimate of drug-likeness (QED) is 0.108. The molecule has 0 saturated carbocycles. The molecule has 0 spiro atoms. The Labute approximate surface area is 341 Å². The number of carbonyl (C=O) groups excluding carboxylic acids is 6. The second kappa shape index (κ2) is 18.3. The molecular formula is C46H43N5O8. The van der Waals surface area contributed by atoms with Crippen molar-refractivity contribution in [1.29, 1.82) is 0 Å². The van der Waals surface area contributed by atoms with Crippen LogP contribution in [-0.2, 0) is 32.3 Å². The number of rotatable bonds is 11. The largest absolute Gasteiger partial charge is 0.457 e. The Bertz CT molecular complexity index is 2350. The number of urea groups is 1. The Morgan fingerprint density at radius 3 is 2.08 bits per heavy atom. The van der Waals surface area contributed by atoms with Crippen LogP contribution >= 0.6 is 0 Å². The van der Waals surface area contributed by atoms with Crippen LogP contribution in [0.3, 0.4) is 0 Å². The van der Waals surface area contributed by atoms with E-state index in [1.807, 2.05) is 66.7 Å². The highest BCUT2D eigenvalue weighted by atomic mass is 16.6. The number of ketones is 1. The lowest BCUT2D eigenvalue weighted by Crippen LogP contribution is -2.56. The maximum absolute atomic E-state index is 14.7. The van der Waals surface area contributed by atoms with E-state index in [1.165, 1.54) is 20.8 Å². The third kappa shape index (κ3) is 9.48. The Morgan fingerprint density at radius 2 is 1.37 bits per heavy atom. The minimum Gasteiger partial charge on any atom is -0.457 e. The Morgan fingerprint density at radius 1 is 0.729 bits per heavy atom. The monoisotopic (exact) mass is 793 g/mol. The van der Waals surface area contributed by atoms with Gasteiger partial charge >= 0.3 is 18.1 Å². The normalized spacial score (nSPS) is 16.1. The topological polar surface area (TPSA) is 155 Å². The van der Waals surface area contributed by atoms with E-state index >= 15 is 0 Å². The lowest BCUT2D eigenvalue weighted by atomic mass is 10.0. The van der Waals surface area contributed by atoms with Crippen LogP contribution in [0.1, 0.15) is 50.2 Å². The molecule has 0 radical (unpaired) electrons. The van der Waals surface area contributed by atoms with Gasteiger partial charge in [0.15, 0.2) is 5.78 Å². The van der Waals surface area contributed by atoms with Crippen molar-refractivity contribution >= 4 is 52.8 Å². The summed E-state index contributed by atoms with van der Waals surface area (Å²) < 4.78 is 11.1. The third-order valence-corrected chi connectivity index (χ3v) is 10.3. The fraction of sp³-hybridized carbons (Fsp3) is 0.217. The molecule has 2 heterocycles. The van der Waals surface area contributed by atoms with Gasteiger partial charge in [-0.25, -0.2) is 14.4 Å². The van der Waals surface area contributed by atoms with Gasteiger partial charge < -0.3 is 29.9 Å². The number of carbonyl (C=O) groups is 6. The van der Waals surface area contributed by atoms with Gasteiger partial charge in [-0.3, -0.25) is 19.3 Å². The van der Waals surface area contributed by atoms with Crippen LogP contribution in [0.25, 0.3) is 0 Å². The summed E-state index contributed by atoms with van der Waals surface area (Å²) in [6.45, 7) is 1.50. The number of fused-ring (bicyclic) bond motifs is 1. The van der Waals surface area contributed by atoms with Gasteiger partial charge in [-0.05, 0) is 66.8 Å². The zero-order chi connectivity index (χ0) is 41.3. The molecule has 0 aromatic heterocycles. The van der Waals surface area contributed by atoms with Crippen molar-refractivity contribution < 1.29 is 38.2 Å². The number of Topliss-reactive ketones (excluding diaryl/α,β-unsaturated/α-hetero) is 1. The smallest absolute Gasteiger partial charge is 0.410 e. The van der Waals surface area contributed by atoms with Gasteiger partial charge in [-0.15, -0.1) is 0 Å². The summed E-state index contributed by atoms with van der Waals surface area (Å²) in [4.78, 5) is 87.2. The number of para-hydroxylation sites is 2. The van der Waals surface area contributed by atoms with Crippen molar-refractivity contribution in [2.24, 2.45) is 0 Å². The second-order valence-corrected chi connectivity index (χ2v) is 14.3. The highest BCUT2D eigenvalue weighted by molar-refractivity contribution is 6.13. The molecule has 2 unspecified atom stereocenters. The van der Waals surface area contributed by atoms with Crippen molar-refractivity contribution in [1.82, 2.24) is 10.2 Å². The van der Waals surface area contributed by atoms with E-state index in [0.717, 1.165) is 16.7 Å². The molecule has 0 aliphatic carbocycles. The average molecular weight is 794 g/mol. The van der Waals surface area contributed by atoms with Crippen LogP contribution in [0.15, 0.2) is 133 Å². The molecule has 7 rings (SSSR count). The number of benzene rings is 5. The Hall–Kier alpha value is -7.28. The number of hydrogen-bond donors (Lipinski definition) is 2. The number of likely N-dealkylation sites (tertiary alicyclic amines) is 1. The maximum atomic E-state index is 14.7. The number of hydrogen-bond acceptors (Lipinski definition) is 8. The van der Waals surface area contributed by atoms with E-state index in [2.05, 4.69) is 10.6 Å². The molecule has 59 heavy (non-hydrogen) atoms. The number of anilines is 3. The molecule has 2 aliphatic heterocycles. The van der Waals surface area contributed by atoms with Gasteiger partial charge in [-0.2, -0.15) is 0 Å². The Balaban J connectivity index is 1.14. The minimum atomic E-state index is -1.35. The number of ether oxygens (including phenoxy) is 2. The molecule has 2 atom stereocenters. The van der Waals surface area contributed by atoms with Gasteiger partial charge in [-0.1, -0.05) is 103 Å². The molecule has 2 aliphatic rings. The number of nitrogens with one attached hydrogen (secondary N) is 2. The van der Waals surface area contributed by atoms with Crippen LogP contribution in [0.2, 0.25) is 0 Å². The molecule has 2 N–H and O–H groups in total. The Kier molecular flexibility index (Phi) is 12.4. The molecule has 5 amide bonds. The summed E-state index contributed by atoms with van der Waals surface area (Å²) in [6, 6.07) is 35.3. The first-order valence-electron chi connectivity index (χ1n) is 19.3. The van der Waals surface area contributed by atoms with Crippen LogP contribution < -0.4 is 20.4 Å². The van der Waals surface area contributed by atoms with Gasteiger partial charge in [0, 0.05) is 17.8 Å². The van der Waals surface area contributed by atoms with Gasteiger partial charge in [0.05, 0.1) is 30.0 Å². The van der Waals surface area contributed by atoms with E-state index in [4.69, 9.17) is 9.47 Å². The fourth-order valence-electron chi connectivity index (χ4n) is 7.26. The molecule has 1 fully saturated rings. The minimum absolute atomic E-state index is 0.0287. The van der Waals surface area contributed by atoms with E-state index in [9.17, 15) is 28.8 Å². The summed E-state index contributed by atoms with van der Waals surface area (Å²) in [7, 11) is 0. The molecule has 5 aromatic rings. The highest BCUT2D eigenvalue weighted by Crippen LogP contribution is 2.35. The highest BCUT2D eigenvalue weighted by Gasteiger charge is 2.43. The van der Waals surface area contributed by atoms with Crippen molar-refractivity contribution in [3.8, 4) is 0 Å². The fourth-order valence-corrected chi connectivity index (χ4v) is 7.26. The van der Waals surface area contributed by atoms with Crippen LogP contribution in [-0.4, -0.2) is 72.3 Å². The lowest BCUT2D eigenvalue weighted by Gasteiger charge is -2.31. The number of nitrogens with zero attached hydrogens (tertiary/aromatic N) is 3. The van der Waals surface area contributed by atoms with Crippen LogP contribution in [0, 0.1) is 6.92 Å². The summed E-state index contributed by atoms with van der Waals surface area (Å²) in [6.07, 6.45) is 0.254. The van der Waals surface area contributed by atoms with Gasteiger partial charge in [0.2, 0.25) is 5.91 Å². The number of amides is 5. The molecular weight excluding hydrogens is 751 g/mol. The summed E-state index contributed by atoms with van der Waals surface area (Å²) in [5.74, 6) is -2.04. The lowest BCUT2D eigenvalue weighted by molar-refractivity contribution is -0.123. The molecule has 300 valence electrons. The number of esters is 1. The summed E-state index contributed by atoms with van der Waals surface area (Å²) >= 11 is 0. The van der Waals surface area contributed by atoms with E-state index in [1.54, 1.807) is 67.6 Å². The standard InChI is InChI=1S/C46H43N5O8/c1-31-14-8-9-21-36(31)41(52)28-51-39-23-11-10-22-38(39)50(43(54)40-24-13-25-49(40)46(57)59-30-33-17-6-3-7-18-33)27-37(42(51)53)48-45(56)47-35-20-12-19-34(26-35)44(55)58-29-32-15-4-2-5-16-32/h2-12,14-23,26,37,40H,13,24-25,27-30H2,1H3,(H2,47,48,56). The predicted molar refractivity (Wildman–Crippen MR) is 221 cm³/mol. The van der Waals surface area contributed by atoms with E-state index in [0.29, 0.717) is 30.6 Å². The summed E-state index contributed by atoms with van der Waals surface area (Å²) in [5.41, 5.74) is 3.83. The first-order chi connectivity index (χ1) is 28.7. The second-order valence-electron chi connectivity index (χ2n) is 14.3. The molecule has 5 aromatic carbocycles.